The van der Waals surface area contributed by atoms with E-state index in [2.05, 4.69) is 20.2 Å². The zero-order valence-corrected chi connectivity index (χ0v) is 17.1. The Bertz CT molecular complexity index is 1170. The zero-order chi connectivity index (χ0) is 20.6. The highest BCUT2D eigenvalue weighted by molar-refractivity contribution is 7.92. The number of H-pyrrole nitrogens is 1. The molecule has 0 atom stereocenters. The Balaban J connectivity index is 1.54. The second kappa shape index (κ2) is 7.53. The number of amides is 1. The van der Waals surface area contributed by atoms with Gasteiger partial charge in [-0.05, 0) is 67.8 Å². The summed E-state index contributed by atoms with van der Waals surface area (Å²) in [5.74, 6) is 0.0603. The maximum Gasteiger partial charge on any atom is 0.276 e. The predicted octanol–water partition coefficient (Wildman–Crippen LogP) is 4.30. The van der Waals surface area contributed by atoms with Crippen LogP contribution in [0, 0.1) is 6.92 Å². The standard InChI is InChI=1S/C20H19ClN4O3S/c1-12-2-7-16(22-20(26)18-11-17(23-24-18)13-3-4-13)10-19(12)29(27,28)25-15-8-5-14(21)6-9-15/h2,5-11,13,25H,3-4H2,1H3,(H,22,26)(H,23,24). The summed E-state index contributed by atoms with van der Waals surface area (Å²) in [6.45, 7) is 1.69. The van der Waals surface area contributed by atoms with Gasteiger partial charge in [0, 0.05) is 28.0 Å². The van der Waals surface area contributed by atoms with E-state index in [0.29, 0.717) is 27.9 Å². The molecule has 7 nitrogen and oxygen atoms in total. The number of hydrogen-bond donors (Lipinski definition) is 3. The average molecular weight is 431 g/mol. The first-order valence-electron chi connectivity index (χ1n) is 9.07. The van der Waals surface area contributed by atoms with Crippen molar-refractivity contribution in [1.29, 1.82) is 0 Å². The number of aromatic nitrogens is 2. The molecule has 1 fully saturated rings. The normalized spacial score (nSPS) is 13.9. The van der Waals surface area contributed by atoms with E-state index in [4.69, 9.17) is 11.6 Å². The predicted molar refractivity (Wildman–Crippen MR) is 112 cm³/mol. The summed E-state index contributed by atoms with van der Waals surface area (Å²) in [6, 6.07) is 12.8. The van der Waals surface area contributed by atoms with Crippen LogP contribution in [-0.2, 0) is 10.0 Å². The minimum absolute atomic E-state index is 0.0750. The number of aryl methyl sites for hydroxylation is 1. The lowest BCUT2D eigenvalue weighted by Gasteiger charge is -2.12. The lowest BCUT2D eigenvalue weighted by Crippen LogP contribution is -2.16. The third-order valence-electron chi connectivity index (χ3n) is 4.68. The molecular weight excluding hydrogens is 412 g/mol. The number of carbonyl (C=O) groups is 1. The summed E-state index contributed by atoms with van der Waals surface area (Å²) in [5, 5.41) is 10.2. The number of anilines is 2. The number of rotatable bonds is 6. The lowest BCUT2D eigenvalue weighted by molar-refractivity contribution is 0.102. The molecule has 3 aromatic rings. The molecule has 0 saturated heterocycles. The summed E-state index contributed by atoms with van der Waals surface area (Å²) in [5.41, 5.74) is 2.55. The van der Waals surface area contributed by atoms with Gasteiger partial charge in [-0.2, -0.15) is 5.10 Å². The Morgan fingerprint density at radius 1 is 1.10 bits per heavy atom. The number of sulfonamides is 1. The minimum atomic E-state index is -3.84. The van der Waals surface area contributed by atoms with Crippen LogP contribution in [0.2, 0.25) is 5.02 Å². The van der Waals surface area contributed by atoms with Crippen molar-refractivity contribution >= 4 is 38.9 Å². The third-order valence-corrected chi connectivity index (χ3v) is 6.45. The molecule has 1 aliphatic carbocycles. The van der Waals surface area contributed by atoms with Gasteiger partial charge in [-0.25, -0.2) is 8.42 Å². The fourth-order valence-corrected chi connectivity index (χ4v) is 4.40. The molecule has 0 radical (unpaired) electrons. The summed E-state index contributed by atoms with van der Waals surface area (Å²) in [7, 11) is -3.84. The quantitative estimate of drug-likeness (QED) is 0.542. The van der Waals surface area contributed by atoms with Gasteiger partial charge >= 0.3 is 0 Å². The summed E-state index contributed by atoms with van der Waals surface area (Å²) >= 11 is 5.84. The van der Waals surface area contributed by atoms with Gasteiger partial charge in [-0.15, -0.1) is 0 Å². The van der Waals surface area contributed by atoms with Gasteiger partial charge < -0.3 is 5.32 Å². The Hall–Kier alpha value is -2.84. The van der Waals surface area contributed by atoms with Crippen molar-refractivity contribution in [3.63, 3.8) is 0 Å². The van der Waals surface area contributed by atoms with Gasteiger partial charge in [0.2, 0.25) is 0 Å². The highest BCUT2D eigenvalue weighted by atomic mass is 35.5. The van der Waals surface area contributed by atoms with Crippen LogP contribution in [0.3, 0.4) is 0 Å². The molecule has 0 aliphatic heterocycles. The fourth-order valence-electron chi connectivity index (χ4n) is 2.95. The van der Waals surface area contributed by atoms with Crippen LogP contribution in [0.5, 0.6) is 0 Å². The van der Waals surface area contributed by atoms with Gasteiger partial charge in [0.15, 0.2) is 5.69 Å². The largest absolute Gasteiger partial charge is 0.321 e. The van der Waals surface area contributed by atoms with Gasteiger partial charge in [0.25, 0.3) is 15.9 Å². The van der Waals surface area contributed by atoms with Gasteiger partial charge in [0.1, 0.15) is 0 Å². The maximum absolute atomic E-state index is 12.8. The molecule has 1 aliphatic rings. The topological polar surface area (TPSA) is 104 Å². The Labute approximate surface area is 173 Å². The zero-order valence-electron chi connectivity index (χ0n) is 15.6. The van der Waals surface area contributed by atoms with Crippen molar-refractivity contribution in [3.8, 4) is 0 Å². The second-order valence-corrected chi connectivity index (χ2v) is 9.12. The highest BCUT2D eigenvalue weighted by Crippen LogP contribution is 2.39. The molecule has 1 aromatic heterocycles. The van der Waals surface area contributed by atoms with Gasteiger partial charge in [0.05, 0.1) is 4.90 Å². The molecule has 0 bridgehead atoms. The Morgan fingerprint density at radius 2 is 1.79 bits per heavy atom. The Kier molecular flexibility index (Phi) is 5.06. The SMILES string of the molecule is Cc1ccc(NC(=O)c2cc(C3CC3)[nH]n2)cc1S(=O)(=O)Nc1ccc(Cl)cc1. The van der Waals surface area contributed by atoms with Crippen molar-refractivity contribution in [1.82, 2.24) is 10.2 Å². The number of nitrogens with zero attached hydrogens (tertiary/aromatic N) is 1. The minimum Gasteiger partial charge on any atom is -0.321 e. The number of nitrogens with one attached hydrogen (secondary N) is 3. The van der Waals surface area contributed by atoms with E-state index >= 15 is 0 Å². The lowest BCUT2D eigenvalue weighted by atomic mass is 10.2. The van der Waals surface area contributed by atoms with Crippen LogP contribution in [0.1, 0.15) is 40.5 Å². The number of aromatic amines is 1. The molecule has 150 valence electrons. The van der Waals surface area contributed by atoms with Crippen LogP contribution in [0.25, 0.3) is 0 Å². The molecule has 4 rings (SSSR count). The monoisotopic (exact) mass is 430 g/mol. The van der Waals surface area contributed by atoms with E-state index in [0.717, 1.165) is 18.5 Å². The molecule has 1 saturated carbocycles. The van der Waals surface area contributed by atoms with Crippen molar-refractivity contribution in [2.75, 3.05) is 10.0 Å². The first kappa shape index (κ1) is 19.5. The molecule has 1 amide bonds. The fraction of sp³-hybridized carbons (Fsp3) is 0.200. The van der Waals surface area contributed by atoms with Crippen LogP contribution in [0.15, 0.2) is 53.4 Å². The first-order valence-corrected chi connectivity index (χ1v) is 10.9. The van der Waals surface area contributed by atoms with Crippen LogP contribution < -0.4 is 10.0 Å². The molecule has 9 heteroatoms. The van der Waals surface area contributed by atoms with Crippen molar-refractivity contribution in [2.24, 2.45) is 0 Å². The smallest absolute Gasteiger partial charge is 0.276 e. The van der Waals surface area contributed by atoms with Crippen molar-refractivity contribution < 1.29 is 13.2 Å². The van der Waals surface area contributed by atoms with Crippen LogP contribution >= 0.6 is 11.6 Å². The number of carbonyl (C=O) groups excluding carboxylic acids is 1. The molecule has 3 N–H and O–H groups in total. The average Bonchev–Trinajstić information content (AvgIpc) is 3.41. The molecule has 0 unspecified atom stereocenters. The van der Waals surface area contributed by atoms with E-state index in [1.807, 2.05) is 0 Å². The number of hydrogen-bond acceptors (Lipinski definition) is 4. The van der Waals surface area contributed by atoms with E-state index in [1.165, 1.54) is 6.07 Å². The summed E-state index contributed by atoms with van der Waals surface area (Å²) in [6.07, 6.45) is 2.20. The van der Waals surface area contributed by atoms with E-state index in [-0.39, 0.29) is 10.6 Å². The van der Waals surface area contributed by atoms with Gasteiger partial charge in [-0.3, -0.25) is 14.6 Å². The third kappa shape index (κ3) is 4.44. The second-order valence-electron chi connectivity index (χ2n) is 7.03. The maximum atomic E-state index is 12.8. The first-order chi connectivity index (χ1) is 13.8. The van der Waals surface area contributed by atoms with E-state index < -0.39 is 15.9 Å². The molecule has 29 heavy (non-hydrogen) atoms. The van der Waals surface area contributed by atoms with Crippen molar-refractivity contribution in [2.45, 2.75) is 30.6 Å². The van der Waals surface area contributed by atoms with E-state index in [1.54, 1.807) is 49.4 Å². The molecule has 0 spiro atoms. The Morgan fingerprint density at radius 3 is 2.48 bits per heavy atom. The highest BCUT2D eigenvalue weighted by Gasteiger charge is 2.26. The van der Waals surface area contributed by atoms with Gasteiger partial charge in [-0.1, -0.05) is 17.7 Å². The van der Waals surface area contributed by atoms with E-state index in [9.17, 15) is 13.2 Å². The number of halogens is 1. The van der Waals surface area contributed by atoms with Crippen molar-refractivity contribution in [3.05, 3.63) is 70.5 Å². The molecular formula is C20H19ClN4O3S. The summed E-state index contributed by atoms with van der Waals surface area (Å²) < 4.78 is 28.2. The number of benzene rings is 2. The van der Waals surface area contributed by atoms with Crippen LogP contribution in [-0.4, -0.2) is 24.5 Å². The molecule has 2 aromatic carbocycles. The van der Waals surface area contributed by atoms with Crippen LogP contribution in [0.4, 0.5) is 11.4 Å². The molecule has 1 heterocycles. The summed E-state index contributed by atoms with van der Waals surface area (Å²) in [4.78, 5) is 12.5.